The van der Waals surface area contributed by atoms with Gasteiger partial charge >= 0.3 is 5.97 Å². The maximum Gasteiger partial charge on any atom is 0.331 e. The molecule has 1 heterocycles. The van der Waals surface area contributed by atoms with E-state index in [9.17, 15) is 4.79 Å². The quantitative estimate of drug-likeness (QED) is 0.579. The molecule has 1 aliphatic carbocycles. The van der Waals surface area contributed by atoms with Crippen LogP contribution in [-0.4, -0.2) is 49.8 Å². The fourth-order valence-corrected chi connectivity index (χ4v) is 1.56. The first-order valence-electron chi connectivity index (χ1n) is 4.72. The number of esters is 1. The lowest BCUT2D eigenvalue weighted by Crippen LogP contribution is -2.53. The zero-order valence-corrected chi connectivity index (χ0v) is 7.86. The van der Waals surface area contributed by atoms with Crippen molar-refractivity contribution in [1.29, 1.82) is 0 Å². The highest BCUT2D eigenvalue weighted by Crippen LogP contribution is 2.31. The molecule has 13 heavy (non-hydrogen) atoms. The van der Waals surface area contributed by atoms with Crippen LogP contribution in [-0.2, 0) is 14.3 Å². The van der Waals surface area contributed by atoms with Crippen molar-refractivity contribution in [3.8, 4) is 0 Å². The molecule has 0 spiro atoms. The van der Waals surface area contributed by atoms with Gasteiger partial charge in [-0.05, 0) is 12.8 Å². The van der Waals surface area contributed by atoms with Crippen LogP contribution in [0.4, 0.5) is 0 Å². The van der Waals surface area contributed by atoms with E-state index in [1.807, 2.05) is 0 Å². The van der Waals surface area contributed by atoms with E-state index in [0.717, 1.165) is 19.1 Å². The summed E-state index contributed by atoms with van der Waals surface area (Å²) in [6.45, 7) is 2.07. The SMILES string of the molecule is COC(=O)COC1CN(C2CC2)C1. The molecule has 4 nitrogen and oxygen atoms in total. The Morgan fingerprint density at radius 3 is 2.69 bits per heavy atom. The monoisotopic (exact) mass is 185 g/mol. The summed E-state index contributed by atoms with van der Waals surface area (Å²) < 4.78 is 9.80. The molecular formula is C9H15NO3. The number of carbonyl (C=O) groups excluding carboxylic acids is 1. The molecule has 0 unspecified atom stereocenters. The molecule has 74 valence electrons. The van der Waals surface area contributed by atoms with E-state index < -0.39 is 0 Å². The fraction of sp³-hybridized carbons (Fsp3) is 0.889. The topological polar surface area (TPSA) is 38.8 Å². The van der Waals surface area contributed by atoms with Crippen LogP contribution >= 0.6 is 0 Å². The number of methoxy groups -OCH3 is 1. The molecule has 0 aromatic rings. The smallest absolute Gasteiger partial charge is 0.331 e. The van der Waals surface area contributed by atoms with Gasteiger partial charge in [-0.3, -0.25) is 4.90 Å². The van der Waals surface area contributed by atoms with Gasteiger partial charge in [-0.25, -0.2) is 4.79 Å². The number of carbonyl (C=O) groups is 1. The molecule has 0 atom stereocenters. The van der Waals surface area contributed by atoms with Gasteiger partial charge in [-0.15, -0.1) is 0 Å². The van der Waals surface area contributed by atoms with Crippen LogP contribution < -0.4 is 0 Å². The Hall–Kier alpha value is -0.610. The van der Waals surface area contributed by atoms with Gasteiger partial charge in [-0.2, -0.15) is 0 Å². The largest absolute Gasteiger partial charge is 0.467 e. The van der Waals surface area contributed by atoms with Crippen molar-refractivity contribution in [2.24, 2.45) is 0 Å². The summed E-state index contributed by atoms with van der Waals surface area (Å²) in [5, 5.41) is 0. The summed E-state index contributed by atoms with van der Waals surface area (Å²) in [7, 11) is 1.38. The van der Waals surface area contributed by atoms with Crippen molar-refractivity contribution in [3.63, 3.8) is 0 Å². The predicted octanol–water partition coefficient (Wildman–Crippen LogP) is 0.0226. The molecule has 1 saturated heterocycles. The Labute approximate surface area is 77.8 Å². The Kier molecular flexibility index (Phi) is 2.51. The highest BCUT2D eigenvalue weighted by Gasteiger charge is 2.38. The van der Waals surface area contributed by atoms with E-state index in [-0.39, 0.29) is 18.7 Å². The Bertz CT molecular complexity index is 197. The third-order valence-corrected chi connectivity index (χ3v) is 2.60. The lowest BCUT2D eigenvalue weighted by atomic mass is 10.1. The van der Waals surface area contributed by atoms with Crippen LogP contribution in [0.3, 0.4) is 0 Å². The van der Waals surface area contributed by atoms with E-state index >= 15 is 0 Å². The molecular weight excluding hydrogens is 170 g/mol. The highest BCUT2D eigenvalue weighted by molar-refractivity contribution is 5.70. The molecule has 0 aromatic carbocycles. The second-order valence-electron chi connectivity index (χ2n) is 3.69. The second-order valence-corrected chi connectivity index (χ2v) is 3.69. The molecule has 2 aliphatic rings. The lowest BCUT2D eigenvalue weighted by Gasteiger charge is -2.38. The number of nitrogens with zero attached hydrogens (tertiary/aromatic N) is 1. The van der Waals surface area contributed by atoms with Gasteiger partial charge in [0, 0.05) is 19.1 Å². The van der Waals surface area contributed by atoms with Crippen LogP contribution in [0.15, 0.2) is 0 Å². The van der Waals surface area contributed by atoms with Gasteiger partial charge in [0.25, 0.3) is 0 Å². The standard InChI is InChI=1S/C9H15NO3/c1-12-9(11)6-13-8-4-10(5-8)7-2-3-7/h7-8H,2-6H2,1H3. The summed E-state index contributed by atoms with van der Waals surface area (Å²) >= 11 is 0. The Morgan fingerprint density at radius 1 is 1.46 bits per heavy atom. The van der Waals surface area contributed by atoms with E-state index in [0.29, 0.717) is 0 Å². The first kappa shape index (κ1) is 8.97. The number of ether oxygens (including phenoxy) is 2. The van der Waals surface area contributed by atoms with Crippen LogP contribution in [0.25, 0.3) is 0 Å². The summed E-state index contributed by atoms with van der Waals surface area (Å²) in [5.74, 6) is -0.287. The maximum atomic E-state index is 10.7. The lowest BCUT2D eigenvalue weighted by molar-refractivity contribution is -0.152. The molecule has 4 heteroatoms. The van der Waals surface area contributed by atoms with E-state index in [1.54, 1.807) is 0 Å². The number of rotatable bonds is 4. The van der Waals surface area contributed by atoms with Crippen molar-refractivity contribution < 1.29 is 14.3 Å². The first-order chi connectivity index (χ1) is 6.29. The second kappa shape index (κ2) is 3.64. The Balaban J connectivity index is 1.56. The molecule has 2 fully saturated rings. The number of likely N-dealkylation sites (tertiary alicyclic amines) is 1. The molecule has 0 radical (unpaired) electrons. The van der Waals surface area contributed by atoms with Crippen molar-refractivity contribution in [3.05, 3.63) is 0 Å². The van der Waals surface area contributed by atoms with Crippen LogP contribution in [0, 0.1) is 0 Å². The Morgan fingerprint density at radius 2 is 2.15 bits per heavy atom. The maximum absolute atomic E-state index is 10.7. The summed E-state index contributed by atoms with van der Waals surface area (Å²) in [5.41, 5.74) is 0. The first-order valence-corrected chi connectivity index (χ1v) is 4.72. The van der Waals surface area contributed by atoms with Gasteiger partial charge in [0.15, 0.2) is 0 Å². The zero-order valence-electron chi connectivity index (χ0n) is 7.86. The van der Waals surface area contributed by atoms with Gasteiger partial charge in [0.05, 0.1) is 13.2 Å². The van der Waals surface area contributed by atoms with Gasteiger partial charge in [-0.1, -0.05) is 0 Å². The van der Waals surface area contributed by atoms with Crippen molar-refractivity contribution in [2.75, 3.05) is 26.8 Å². The molecule has 0 aromatic heterocycles. The van der Waals surface area contributed by atoms with Crippen LogP contribution in [0.2, 0.25) is 0 Å². The zero-order chi connectivity index (χ0) is 9.26. The fourth-order valence-electron chi connectivity index (χ4n) is 1.56. The van der Waals surface area contributed by atoms with E-state index in [2.05, 4.69) is 9.64 Å². The third kappa shape index (κ3) is 2.19. The van der Waals surface area contributed by atoms with Gasteiger partial charge < -0.3 is 9.47 Å². The summed E-state index contributed by atoms with van der Waals surface area (Å²) in [4.78, 5) is 13.1. The summed E-state index contributed by atoms with van der Waals surface area (Å²) in [6.07, 6.45) is 2.92. The van der Waals surface area contributed by atoms with Crippen molar-refractivity contribution in [2.45, 2.75) is 25.0 Å². The molecule has 1 saturated carbocycles. The number of hydrogen-bond donors (Lipinski definition) is 0. The van der Waals surface area contributed by atoms with E-state index in [4.69, 9.17) is 4.74 Å². The van der Waals surface area contributed by atoms with Crippen LogP contribution in [0.5, 0.6) is 0 Å². The van der Waals surface area contributed by atoms with Gasteiger partial charge in [0.2, 0.25) is 0 Å². The molecule has 2 rings (SSSR count). The average molecular weight is 185 g/mol. The third-order valence-electron chi connectivity index (χ3n) is 2.60. The van der Waals surface area contributed by atoms with Crippen molar-refractivity contribution >= 4 is 5.97 Å². The minimum Gasteiger partial charge on any atom is -0.467 e. The number of hydrogen-bond acceptors (Lipinski definition) is 4. The molecule has 0 bridgehead atoms. The molecule has 0 N–H and O–H groups in total. The minimum atomic E-state index is -0.287. The summed E-state index contributed by atoms with van der Waals surface area (Å²) in [6, 6.07) is 0.818. The van der Waals surface area contributed by atoms with Gasteiger partial charge in [0.1, 0.15) is 6.61 Å². The minimum absolute atomic E-state index is 0.0969. The predicted molar refractivity (Wildman–Crippen MR) is 46.4 cm³/mol. The normalized spacial score (nSPS) is 24.1. The molecule has 0 amide bonds. The van der Waals surface area contributed by atoms with E-state index in [1.165, 1.54) is 20.0 Å². The van der Waals surface area contributed by atoms with Crippen LogP contribution in [0.1, 0.15) is 12.8 Å². The van der Waals surface area contributed by atoms with Crippen molar-refractivity contribution in [1.82, 2.24) is 4.90 Å². The highest BCUT2D eigenvalue weighted by atomic mass is 16.6. The average Bonchev–Trinajstić information content (AvgIpc) is 2.84. The molecule has 1 aliphatic heterocycles.